The molecule has 0 N–H and O–H groups in total. The topological polar surface area (TPSA) is 69.4 Å². The third-order valence-electron chi connectivity index (χ3n) is 3.62. The van der Waals surface area contributed by atoms with Crippen LogP contribution < -0.4 is 4.74 Å². The maximum absolute atomic E-state index is 12.5. The number of carbonyl (C=O) groups is 1. The molecule has 0 aliphatic carbocycles. The van der Waals surface area contributed by atoms with Crippen molar-refractivity contribution in [2.24, 2.45) is 0 Å². The van der Waals surface area contributed by atoms with Crippen LogP contribution in [-0.2, 0) is 0 Å². The first kappa shape index (κ1) is 16.4. The summed E-state index contributed by atoms with van der Waals surface area (Å²) in [4.78, 5) is 21.3. The summed E-state index contributed by atoms with van der Waals surface area (Å²) in [5.41, 5.74) is 2.50. The fourth-order valence-corrected chi connectivity index (χ4v) is 3.22. The summed E-state index contributed by atoms with van der Waals surface area (Å²) in [5, 5.41) is 4.68. The van der Waals surface area contributed by atoms with E-state index >= 15 is 0 Å². The van der Waals surface area contributed by atoms with Crippen LogP contribution in [0.3, 0.4) is 0 Å². The number of aryl methyl sites for hydroxylation is 2. The second kappa shape index (κ2) is 6.60. The summed E-state index contributed by atoms with van der Waals surface area (Å²) in [6, 6.07) is 9.05. The second-order valence-corrected chi connectivity index (χ2v) is 6.81. The van der Waals surface area contributed by atoms with Gasteiger partial charge in [-0.3, -0.25) is 4.79 Å². The summed E-state index contributed by atoms with van der Waals surface area (Å²) in [6.45, 7) is 5.73. The minimum absolute atomic E-state index is 0.0300. The van der Waals surface area contributed by atoms with Crippen molar-refractivity contribution in [3.63, 3.8) is 0 Å². The number of carbonyl (C=O) groups excluding carboxylic acids is 1. The van der Waals surface area contributed by atoms with Gasteiger partial charge in [-0.05, 0) is 51.1 Å². The summed E-state index contributed by atoms with van der Waals surface area (Å²) in [6.07, 6.45) is 0. The number of fused-ring (bicyclic) bond motifs is 1. The Morgan fingerprint density at radius 1 is 1.21 bits per heavy atom. The molecule has 0 fully saturated rings. The van der Waals surface area contributed by atoms with Crippen LogP contribution in [0.4, 0.5) is 0 Å². The van der Waals surface area contributed by atoms with Gasteiger partial charge in [0, 0.05) is 17.0 Å². The number of methoxy groups -OCH3 is 1. The molecule has 6 nitrogen and oxygen atoms in total. The molecule has 0 aliphatic heterocycles. The monoisotopic (exact) mass is 342 g/mol. The smallest absolute Gasteiger partial charge is 0.253 e. The molecule has 7 heteroatoms. The maximum Gasteiger partial charge on any atom is 0.253 e. The van der Waals surface area contributed by atoms with E-state index in [0.717, 1.165) is 17.1 Å². The molecule has 1 atom stereocenters. The SMILES string of the molecule is COc1ccc(C(=O)C(C)Sc2nc3nc(C)cc(C)n3n2)cc1. The molecule has 3 rings (SSSR count). The van der Waals surface area contributed by atoms with E-state index in [2.05, 4.69) is 15.1 Å². The summed E-state index contributed by atoms with van der Waals surface area (Å²) in [5.74, 6) is 1.31. The van der Waals surface area contributed by atoms with Gasteiger partial charge in [0.05, 0.1) is 12.4 Å². The van der Waals surface area contributed by atoms with Gasteiger partial charge in [-0.25, -0.2) is 9.50 Å². The molecule has 24 heavy (non-hydrogen) atoms. The minimum Gasteiger partial charge on any atom is -0.497 e. The number of ketones is 1. The highest BCUT2D eigenvalue weighted by Crippen LogP contribution is 2.24. The number of rotatable bonds is 5. The molecule has 0 saturated heterocycles. The van der Waals surface area contributed by atoms with Gasteiger partial charge in [0.25, 0.3) is 5.78 Å². The lowest BCUT2D eigenvalue weighted by Gasteiger charge is -2.08. The van der Waals surface area contributed by atoms with Crippen molar-refractivity contribution < 1.29 is 9.53 Å². The molecular weight excluding hydrogens is 324 g/mol. The maximum atomic E-state index is 12.5. The molecule has 124 valence electrons. The average Bonchev–Trinajstić information content (AvgIpc) is 2.96. The Labute approximate surface area is 144 Å². The molecule has 3 aromatic rings. The number of ether oxygens (including phenoxy) is 1. The first-order valence-corrected chi connectivity index (χ1v) is 8.42. The van der Waals surface area contributed by atoms with Crippen molar-refractivity contribution in [1.82, 2.24) is 19.6 Å². The molecule has 1 aromatic carbocycles. The van der Waals surface area contributed by atoms with Gasteiger partial charge in [-0.1, -0.05) is 11.8 Å². The number of Topliss-reactive ketones (excluding diaryl/α,β-unsaturated/α-hetero) is 1. The average molecular weight is 342 g/mol. The zero-order chi connectivity index (χ0) is 17.3. The number of hydrogen-bond acceptors (Lipinski definition) is 6. The lowest BCUT2D eigenvalue weighted by molar-refractivity contribution is 0.0994. The highest BCUT2D eigenvalue weighted by atomic mass is 32.2. The van der Waals surface area contributed by atoms with Crippen LogP contribution in [0.25, 0.3) is 5.78 Å². The van der Waals surface area contributed by atoms with E-state index in [0.29, 0.717) is 16.5 Å². The zero-order valence-corrected chi connectivity index (χ0v) is 14.8. The van der Waals surface area contributed by atoms with Crippen molar-refractivity contribution >= 4 is 23.3 Å². The highest BCUT2D eigenvalue weighted by molar-refractivity contribution is 8.00. The van der Waals surface area contributed by atoms with Crippen LogP contribution in [0, 0.1) is 13.8 Å². The molecule has 0 saturated carbocycles. The number of benzene rings is 1. The molecule has 0 spiro atoms. The van der Waals surface area contributed by atoms with Crippen LogP contribution >= 0.6 is 11.8 Å². The lowest BCUT2D eigenvalue weighted by Crippen LogP contribution is -2.13. The molecule has 2 heterocycles. The number of thioether (sulfide) groups is 1. The van der Waals surface area contributed by atoms with Crippen LogP contribution in [0.1, 0.15) is 28.7 Å². The van der Waals surface area contributed by atoms with E-state index in [1.807, 2.05) is 26.8 Å². The van der Waals surface area contributed by atoms with Crippen molar-refractivity contribution in [2.75, 3.05) is 7.11 Å². The predicted molar refractivity (Wildman–Crippen MR) is 92.9 cm³/mol. The highest BCUT2D eigenvalue weighted by Gasteiger charge is 2.19. The van der Waals surface area contributed by atoms with Gasteiger partial charge in [0.1, 0.15) is 5.75 Å². The molecule has 0 radical (unpaired) electrons. The van der Waals surface area contributed by atoms with Crippen LogP contribution in [-0.4, -0.2) is 37.7 Å². The van der Waals surface area contributed by atoms with E-state index in [4.69, 9.17) is 4.74 Å². The van der Waals surface area contributed by atoms with Gasteiger partial charge in [0.2, 0.25) is 5.16 Å². The Balaban J connectivity index is 1.79. The fraction of sp³-hybridized carbons (Fsp3) is 0.294. The van der Waals surface area contributed by atoms with E-state index in [1.165, 1.54) is 11.8 Å². The normalized spacial score (nSPS) is 12.3. The predicted octanol–water partition coefficient (Wildman–Crippen LogP) is 3.11. The van der Waals surface area contributed by atoms with Gasteiger partial charge < -0.3 is 4.74 Å². The van der Waals surface area contributed by atoms with Gasteiger partial charge in [-0.2, -0.15) is 4.98 Å². The van der Waals surface area contributed by atoms with E-state index in [-0.39, 0.29) is 11.0 Å². The number of aromatic nitrogens is 4. The van der Waals surface area contributed by atoms with E-state index in [1.54, 1.807) is 35.9 Å². The Bertz CT molecular complexity index is 889. The molecule has 0 amide bonds. The van der Waals surface area contributed by atoms with Crippen molar-refractivity contribution in [1.29, 1.82) is 0 Å². The van der Waals surface area contributed by atoms with E-state index < -0.39 is 0 Å². The van der Waals surface area contributed by atoms with Gasteiger partial charge in [-0.15, -0.1) is 5.10 Å². The summed E-state index contributed by atoms with van der Waals surface area (Å²) >= 11 is 1.33. The Morgan fingerprint density at radius 3 is 2.58 bits per heavy atom. The number of nitrogens with zero attached hydrogens (tertiary/aromatic N) is 4. The van der Waals surface area contributed by atoms with Crippen molar-refractivity contribution in [3.05, 3.63) is 47.3 Å². The molecule has 0 aliphatic rings. The lowest BCUT2D eigenvalue weighted by atomic mass is 10.1. The zero-order valence-electron chi connectivity index (χ0n) is 14.0. The molecular formula is C17H18N4O2S. The van der Waals surface area contributed by atoms with Crippen molar-refractivity contribution in [3.8, 4) is 5.75 Å². The summed E-state index contributed by atoms with van der Waals surface area (Å²) in [7, 11) is 1.60. The van der Waals surface area contributed by atoms with Crippen molar-refractivity contribution in [2.45, 2.75) is 31.2 Å². The quantitative estimate of drug-likeness (QED) is 0.524. The first-order chi connectivity index (χ1) is 11.5. The van der Waals surface area contributed by atoms with Crippen LogP contribution in [0.2, 0.25) is 0 Å². The standard InChI is InChI=1S/C17H18N4O2S/c1-10-9-11(2)21-16(18-10)19-17(20-21)24-12(3)15(22)13-5-7-14(23-4)8-6-13/h5-9,12H,1-4H3. The van der Waals surface area contributed by atoms with E-state index in [9.17, 15) is 4.79 Å². The van der Waals surface area contributed by atoms with Crippen LogP contribution in [0.5, 0.6) is 5.75 Å². The Hall–Kier alpha value is -2.41. The van der Waals surface area contributed by atoms with Gasteiger partial charge >= 0.3 is 0 Å². The Morgan fingerprint density at radius 2 is 1.92 bits per heavy atom. The van der Waals surface area contributed by atoms with Crippen LogP contribution in [0.15, 0.2) is 35.5 Å². The largest absolute Gasteiger partial charge is 0.497 e. The second-order valence-electron chi connectivity index (χ2n) is 5.50. The Kier molecular flexibility index (Phi) is 4.53. The minimum atomic E-state index is -0.294. The molecule has 2 aromatic heterocycles. The number of hydrogen-bond donors (Lipinski definition) is 0. The third kappa shape index (κ3) is 3.26. The van der Waals surface area contributed by atoms with Gasteiger partial charge in [0.15, 0.2) is 5.78 Å². The first-order valence-electron chi connectivity index (χ1n) is 7.54. The third-order valence-corrected chi connectivity index (χ3v) is 4.58. The molecule has 1 unspecified atom stereocenters. The summed E-state index contributed by atoms with van der Waals surface area (Å²) < 4.78 is 6.81. The molecule has 0 bridgehead atoms. The fourth-order valence-electron chi connectivity index (χ4n) is 2.40.